The van der Waals surface area contributed by atoms with Crippen LogP contribution in [-0.4, -0.2) is 37.1 Å². The number of halogens is 1. The van der Waals surface area contributed by atoms with Gasteiger partial charge in [0, 0.05) is 5.92 Å². The number of esters is 2. The molecule has 2 fully saturated rings. The number of carbonyl (C=O) groups is 3. The molecular formula is C17H23FO5. The van der Waals surface area contributed by atoms with Gasteiger partial charge in [-0.3, -0.25) is 14.4 Å². The first-order valence-electron chi connectivity index (χ1n) is 8.11. The summed E-state index contributed by atoms with van der Waals surface area (Å²) in [7, 11) is 1.30. The second-order valence-electron chi connectivity index (χ2n) is 6.21. The van der Waals surface area contributed by atoms with Gasteiger partial charge in [-0.25, -0.2) is 4.39 Å². The van der Waals surface area contributed by atoms with Crippen LogP contribution in [0.15, 0.2) is 12.2 Å². The predicted molar refractivity (Wildman–Crippen MR) is 80.2 cm³/mol. The molecule has 1 heterocycles. The molecule has 1 aliphatic heterocycles. The Morgan fingerprint density at radius 2 is 2.22 bits per heavy atom. The Morgan fingerprint density at radius 1 is 1.48 bits per heavy atom. The third-order valence-electron chi connectivity index (χ3n) is 4.71. The monoisotopic (exact) mass is 326 g/mol. The van der Waals surface area contributed by atoms with Gasteiger partial charge >= 0.3 is 11.9 Å². The van der Waals surface area contributed by atoms with Gasteiger partial charge in [-0.15, -0.1) is 0 Å². The number of hydrogen-bond acceptors (Lipinski definition) is 5. The fourth-order valence-corrected chi connectivity index (χ4v) is 3.46. The Labute approximate surface area is 135 Å². The van der Waals surface area contributed by atoms with E-state index in [1.54, 1.807) is 6.08 Å². The number of carbonyl (C=O) groups excluding carboxylic acids is 3. The van der Waals surface area contributed by atoms with E-state index in [2.05, 4.69) is 0 Å². The third kappa shape index (κ3) is 3.98. The van der Waals surface area contributed by atoms with Gasteiger partial charge < -0.3 is 9.47 Å². The summed E-state index contributed by atoms with van der Waals surface area (Å²) >= 11 is 0. The van der Waals surface area contributed by atoms with Crippen molar-refractivity contribution >= 4 is 17.7 Å². The fourth-order valence-electron chi connectivity index (χ4n) is 3.46. The van der Waals surface area contributed by atoms with Gasteiger partial charge in [0.2, 0.25) is 0 Å². The second-order valence-corrected chi connectivity index (χ2v) is 6.21. The Kier molecular flexibility index (Phi) is 5.91. The summed E-state index contributed by atoms with van der Waals surface area (Å²) in [6.07, 6.45) is 3.24. The average molecular weight is 326 g/mol. The van der Waals surface area contributed by atoms with Crippen molar-refractivity contribution in [1.29, 1.82) is 0 Å². The minimum Gasteiger partial charge on any atom is -0.469 e. The van der Waals surface area contributed by atoms with E-state index in [1.807, 2.05) is 6.92 Å². The lowest BCUT2D eigenvalue weighted by molar-refractivity contribution is -0.149. The zero-order valence-electron chi connectivity index (χ0n) is 13.5. The molecule has 2 aliphatic rings. The van der Waals surface area contributed by atoms with E-state index in [9.17, 15) is 18.8 Å². The number of allylic oxidation sites excluding steroid dienone is 2. The van der Waals surface area contributed by atoms with Gasteiger partial charge in [0.25, 0.3) is 0 Å². The first kappa shape index (κ1) is 17.6. The highest BCUT2D eigenvalue weighted by atomic mass is 19.1. The predicted octanol–water partition coefficient (Wildman–Crippen LogP) is 2.38. The van der Waals surface area contributed by atoms with Crippen LogP contribution in [0.2, 0.25) is 0 Å². The molecule has 0 bridgehead atoms. The zero-order valence-corrected chi connectivity index (χ0v) is 13.5. The minimum absolute atomic E-state index is 0.149. The highest BCUT2D eigenvalue weighted by molar-refractivity contribution is 5.93. The largest absolute Gasteiger partial charge is 0.469 e. The van der Waals surface area contributed by atoms with E-state index in [1.165, 1.54) is 13.2 Å². The molecule has 0 amide bonds. The maximum absolute atomic E-state index is 13.7. The molecule has 0 radical (unpaired) electrons. The lowest BCUT2D eigenvalue weighted by atomic mass is 9.87. The van der Waals surface area contributed by atoms with Crippen molar-refractivity contribution in [3.05, 3.63) is 12.2 Å². The van der Waals surface area contributed by atoms with Crippen molar-refractivity contribution in [1.82, 2.24) is 0 Å². The first-order chi connectivity index (χ1) is 11.0. The number of alkyl halides is 1. The van der Waals surface area contributed by atoms with Crippen LogP contribution in [0.4, 0.5) is 4.39 Å². The lowest BCUT2D eigenvalue weighted by Crippen LogP contribution is -2.23. The van der Waals surface area contributed by atoms with E-state index in [0.29, 0.717) is 12.8 Å². The molecule has 1 saturated heterocycles. The molecule has 1 saturated carbocycles. The topological polar surface area (TPSA) is 69.7 Å². The maximum Gasteiger partial charge on any atom is 0.309 e. The maximum atomic E-state index is 13.7. The molecular weight excluding hydrogens is 303 g/mol. The standard InChI is InChI=1S/C17H23FO5/c1-3-4-5-13(18)14(19)7-6-10-11-9-16(20)23-15(11)8-12(10)17(21)22-2/h6-7,10-13,15H,3-5,8-9H2,1-2H3/t10-,11+,12-,13?,15+/m0/s1. The molecule has 5 atom stereocenters. The van der Waals surface area contributed by atoms with Gasteiger partial charge in [0.05, 0.1) is 19.4 Å². The van der Waals surface area contributed by atoms with E-state index in [-0.39, 0.29) is 42.7 Å². The van der Waals surface area contributed by atoms with Crippen molar-refractivity contribution in [3.8, 4) is 0 Å². The number of rotatable bonds is 7. The van der Waals surface area contributed by atoms with Crippen molar-refractivity contribution in [3.63, 3.8) is 0 Å². The summed E-state index contributed by atoms with van der Waals surface area (Å²) in [5.74, 6) is -2.21. The minimum atomic E-state index is -1.51. The Bertz CT molecular complexity index is 501. The third-order valence-corrected chi connectivity index (χ3v) is 4.71. The van der Waals surface area contributed by atoms with Crippen LogP contribution in [-0.2, 0) is 23.9 Å². The molecule has 2 rings (SSSR count). The summed E-state index contributed by atoms with van der Waals surface area (Å²) in [6, 6.07) is 0. The zero-order chi connectivity index (χ0) is 17.0. The van der Waals surface area contributed by atoms with E-state index < -0.39 is 17.9 Å². The van der Waals surface area contributed by atoms with Crippen molar-refractivity contribution in [2.75, 3.05) is 7.11 Å². The first-order valence-corrected chi connectivity index (χ1v) is 8.11. The van der Waals surface area contributed by atoms with Gasteiger partial charge in [0.15, 0.2) is 12.0 Å². The van der Waals surface area contributed by atoms with Crippen LogP contribution in [0.25, 0.3) is 0 Å². The number of methoxy groups -OCH3 is 1. The van der Waals surface area contributed by atoms with Gasteiger partial charge in [-0.1, -0.05) is 25.8 Å². The molecule has 1 aliphatic carbocycles. The van der Waals surface area contributed by atoms with Crippen molar-refractivity contribution in [2.45, 2.75) is 51.3 Å². The van der Waals surface area contributed by atoms with E-state index in [4.69, 9.17) is 9.47 Å². The van der Waals surface area contributed by atoms with Crippen molar-refractivity contribution in [2.24, 2.45) is 17.8 Å². The number of ether oxygens (including phenoxy) is 2. The number of fused-ring (bicyclic) bond motifs is 1. The van der Waals surface area contributed by atoms with E-state index in [0.717, 1.165) is 6.42 Å². The summed E-state index contributed by atoms with van der Waals surface area (Å²) in [5.41, 5.74) is 0. The van der Waals surface area contributed by atoms with Crippen LogP contribution in [0.5, 0.6) is 0 Å². The lowest BCUT2D eigenvalue weighted by Gasteiger charge is -2.17. The van der Waals surface area contributed by atoms with Gasteiger partial charge in [-0.05, 0) is 24.8 Å². The molecule has 128 valence electrons. The fraction of sp³-hybridized carbons (Fsp3) is 0.706. The second kappa shape index (κ2) is 7.70. The number of unbranched alkanes of at least 4 members (excludes halogenated alkanes) is 1. The Hall–Kier alpha value is -1.72. The van der Waals surface area contributed by atoms with Gasteiger partial charge in [-0.2, -0.15) is 0 Å². The smallest absolute Gasteiger partial charge is 0.309 e. The van der Waals surface area contributed by atoms with Crippen LogP contribution >= 0.6 is 0 Å². The van der Waals surface area contributed by atoms with Crippen LogP contribution in [0, 0.1) is 17.8 Å². The molecule has 23 heavy (non-hydrogen) atoms. The molecule has 0 aromatic heterocycles. The highest BCUT2D eigenvalue weighted by Crippen LogP contribution is 2.46. The molecule has 0 aromatic carbocycles. The van der Waals surface area contributed by atoms with Crippen molar-refractivity contribution < 1.29 is 28.2 Å². The van der Waals surface area contributed by atoms with E-state index >= 15 is 0 Å². The Balaban J connectivity index is 2.06. The summed E-state index contributed by atoms with van der Waals surface area (Å²) in [4.78, 5) is 35.2. The van der Waals surface area contributed by atoms with Crippen LogP contribution in [0.3, 0.4) is 0 Å². The van der Waals surface area contributed by atoms with Gasteiger partial charge in [0.1, 0.15) is 6.10 Å². The summed E-state index contributed by atoms with van der Waals surface area (Å²) < 4.78 is 23.7. The number of hydrogen-bond donors (Lipinski definition) is 0. The molecule has 1 unspecified atom stereocenters. The molecule has 0 spiro atoms. The number of ketones is 1. The average Bonchev–Trinajstić information content (AvgIpc) is 3.05. The van der Waals surface area contributed by atoms with Crippen LogP contribution in [0.1, 0.15) is 39.0 Å². The Morgan fingerprint density at radius 3 is 2.87 bits per heavy atom. The molecule has 6 heteroatoms. The quantitative estimate of drug-likeness (QED) is 0.531. The molecule has 5 nitrogen and oxygen atoms in total. The summed E-state index contributed by atoms with van der Waals surface area (Å²) in [6.45, 7) is 1.93. The van der Waals surface area contributed by atoms with Crippen LogP contribution < -0.4 is 0 Å². The normalized spacial score (nSPS) is 31.0. The molecule has 0 aromatic rings. The highest BCUT2D eigenvalue weighted by Gasteiger charge is 2.51. The molecule has 0 N–H and O–H groups in total. The summed E-state index contributed by atoms with van der Waals surface area (Å²) in [5, 5.41) is 0. The SMILES string of the molecule is CCCCC(F)C(=O)C=C[C@H]1[C@H]2CC(=O)O[C@@H]2C[C@@H]1C(=O)OC.